The Morgan fingerprint density at radius 2 is 1.95 bits per heavy atom. The van der Waals surface area contributed by atoms with Gasteiger partial charge in [-0.15, -0.1) is 0 Å². The van der Waals surface area contributed by atoms with Gasteiger partial charge in [-0.2, -0.15) is 0 Å². The third kappa shape index (κ3) is 3.16. The van der Waals surface area contributed by atoms with E-state index in [0.29, 0.717) is 21.6 Å². The van der Waals surface area contributed by atoms with Crippen molar-refractivity contribution in [2.24, 2.45) is 0 Å². The van der Waals surface area contributed by atoms with Gasteiger partial charge in [-0.3, -0.25) is 4.79 Å². The largest absolute Gasteiger partial charge is 0.461 e. The lowest BCUT2D eigenvalue weighted by Gasteiger charge is -2.00. The minimum absolute atomic E-state index is 0.229. The maximum absolute atomic E-state index is 11.8. The molecule has 0 bridgehead atoms. The van der Waals surface area contributed by atoms with Gasteiger partial charge in [0.25, 0.3) is 0 Å². The van der Waals surface area contributed by atoms with Crippen molar-refractivity contribution in [1.29, 1.82) is 0 Å². The number of rotatable bonds is 4. The van der Waals surface area contributed by atoms with Gasteiger partial charge >= 0.3 is 0 Å². The Morgan fingerprint density at radius 1 is 1.09 bits per heavy atom. The molecule has 2 heterocycles. The molecule has 0 saturated heterocycles. The number of carbonyl (C=O) groups is 1. The molecule has 110 valence electrons. The maximum Gasteiger partial charge on any atom is 0.221 e. The summed E-state index contributed by atoms with van der Waals surface area (Å²) in [6.07, 6.45) is 4.43. The van der Waals surface area contributed by atoms with Crippen LogP contribution in [0.5, 0.6) is 0 Å². The minimum Gasteiger partial charge on any atom is -0.461 e. The highest BCUT2D eigenvalue weighted by atomic mass is 35.5. The molecule has 0 spiro atoms. The third-order valence-electron chi connectivity index (χ3n) is 2.99. The summed E-state index contributed by atoms with van der Waals surface area (Å²) in [7, 11) is 0. The minimum atomic E-state index is -0.229. The first kappa shape index (κ1) is 14.7. The summed E-state index contributed by atoms with van der Waals surface area (Å²) in [5.74, 6) is 1.20. The monoisotopic (exact) mass is 332 g/mol. The zero-order valence-corrected chi connectivity index (χ0v) is 12.8. The SMILES string of the molecule is O=C(/C=C/c1ccc(-c2ccc(Cl)cc2Cl)o1)c1ccco1. The lowest BCUT2D eigenvalue weighted by molar-refractivity contribution is 0.102. The van der Waals surface area contributed by atoms with E-state index in [4.69, 9.17) is 32.0 Å². The number of hydrogen-bond donors (Lipinski definition) is 0. The molecule has 0 unspecified atom stereocenters. The smallest absolute Gasteiger partial charge is 0.221 e. The van der Waals surface area contributed by atoms with E-state index in [2.05, 4.69) is 0 Å². The third-order valence-corrected chi connectivity index (χ3v) is 3.53. The van der Waals surface area contributed by atoms with E-state index in [1.54, 1.807) is 48.5 Å². The van der Waals surface area contributed by atoms with Crippen LogP contribution in [-0.4, -0.2) is 5.78 Å². The van der Waals surface area contributed by atoms with Crippen LogP contribution in [0.3, 0.4) is 0 Å². The molecule has 0 radical (unpaired) electrons. The van der Waals surface area contributed by atoms with Gasteiger partial charge in [0.15, 0.2) is 5.76 Å². The molecule has 0 aliphatic rings. The molecular weight excluding hydrogens is 323 g/mol. The predicted molar refractivity (Wildman–Crippen MR) is 86.2 cm³/mol. The van der Waals surface area contributed by atoms with Crippen molar-refractivity contribution >= 4 is 35.1 Å². The first-order valence-electron chi connectivity index (χ1n) is 6.44. The topological polar surface area (TPSA) is 43.4 Å². The number of allylic oxidation sites excluding steroid dienone is 1. The quantitative estimate of drug-likeness (QED) is 0.451. The number of hydrogen-bond acceptors (Lipinski definition) is 3. The van der Waals surface area contributed by atoms with Crippen LogP contribution < -0.4 is 0 Å². The predicted octanol–water partition coefficient (Wildman–Crippen LogP) is 5.74. The molecule has 3 nitrogen and oxygen atoms in total. The van der Waals surface area contributed by atoms with E-state index in [-0.39, 0.29) is 11.5 Å². The van der Waals surface area contributed by atoms with Gasteiger partial charge in [0.1, 0.15) is 11.5 Å². The fraction of sp³-hybridized carbons (Fsp3) is 0. The second-order valence-electron chi connectivity index (χ2n) is 4.50. The molecule has 0 aliphatic carbocycles. The molecule has 0 N–H and O–H groups in total. The Labute approximate surface area is 136 Å². The van der Waals surface area contributed by atoms with Crippen molar-refractivity contribution in [3.63, 3.8) is 0 Å². The van der Waals surface area contributed by atoms with Gasteiger partial charge in [0.2, 0.25) is 5.78 Å². The standard InChI is InChI=1S/C17H10Cl2O3/c18-11-3-6-13(14(19)10-11)16-8-5-12(22-16)4-7-15(20)17-2-1-9-21-17/h1-10H/b7-4+. The Balaban J connectivity index is 1.80. The summed E-state index contributed by atoms with van der Waals surface area (Å²) < 4.78 is 10.7. The normalized spacial score (nSPS) is 11.2. The highest BCUT2D eigenvalue weighted by Gasteiger charge is 2.09. The van der Waals surface area contributed by atoms with E-state index in [9.17, 15) is 4.79 Å². The first-order chi connectivity index (χ1) is 10.6. The Morgan fingerprint density at radius 3 is 2.68 bits per heavy atom. The van der Waals surface area contributed by atoms with Gasteiger partial charge < -0.3 is 8.83 Å². The number of benzene rings is 1. The van der Waals surface area contributed by atoms with Crippen molar-refractivity contribution in [1.82, 2.24) is 0 Å². The van der Waals surface area contributed by atoms with Crippen molar-refractivity contribution in [2.75, 3.05) is 0 Å². The van der Waals surface area contributed by atoms with Crippen molar-refractivity contribution in [2.45, 2.75) is 0 Å². The van der Waals surface area contributed by atoms with E-state index >= 15 is 0 Å². The second-order valence-corrected chi connectivity index (χ2v) is 5.34. The zero-order chi connectivity index (χ0) is 15.5. The van der Waals surface area contributed by atoms with Crippen molar-refractivity contribution in [3.8, 4) is 11.3 Å². The van der Waals surface area contributed by atoms with Crippen LogP contribution in [0.2, 0.25) is 10.0 Å². The van der Waals surface area contributed by atoms with E-state index in [1.165, 1.54) is 12.3 Å². The van der Waals surface area contributed by atoms with Gasteiger partial charge in [-0.25, -0.2) is 0 Å². The molecule has 0 fully saturated rings. The highest BCUT2D eigenvalue weighted by Crippen LogP contribution is 2.31. The van der Waals surface area contributed by atoms with Crippen LogP contribution in [0.1, 0.15) is 16.3 Å². The molecule has 0 aliphatic heterocycles. The fourth-order valence-corrected chi connectivity index (χ4v) is 2.44. The van der Waals surface area contributed by atoms with Crippen molar-refractivity contribution < 1.29 is 13.6 Å². The Hall–Kier alpha value is -2.23. The summed E-state index contributed by atoms with van der Waals surface area (Å²) in [5, 5.41) is 1.06. The molecular formula is C17H10Cl2O3. The summed E-state index contributed by atoms with van der Waals surface area (Å²) >= 11 is 12.0. The molecule has 5 heteroatoms. The fourth-order valence-electron chi connectivity index (χ4n) is 1.94. The average molecular weight is 333 g/mol. The van der Waals surface area contributed by atoms with Crippen LogP contribution in [0.25, 0.3) is 17.4 Å². The Bertz CT molecular complexity index is 829. The van der Waals surface area contributed by atoms with Gasteiger partial charge in [0.05, 0.1) is 11.3 Å². The molecule has 2 aromatic heterocycles. The molecule has 0 atom stereocenters. The first-order valence-corrected chi connectivity index (χ1v) is 7.20. The molecule has 3 rings (SSSR count). The summed E-state index contributed by atoms with van der Waals surface area (Å²) in [5.41, 5.74) is 0.739. The summed E-state index contributed by atoms with van der Waals surface area (Å²) in [4.78, 5) is 11.8. The van der Waals surface area contributed by atoms with E-state index in [1.807, 2.05) is 0 Å². The number of halogens is 2. The van der Waals surface area contributed by atoms with Crippen molar-refractivity contribution in [3.05, 3.63) is 76.4 Å². The van der Waals surface area contributed by atoms with Crippen LogP contribution in [0, 0.1) is 0 Å². The molecule has 0 amide bonds. The Kier molecular flexibility index (Phi) is 4.18. The summed E-state index contributed by atoms with van der Waals surface area (Å²) in [6, 6.07) is 12.0. The maximum atomic E-state index is 11.8. The van der Waals surface area contributed by atoms with Crippen LogP contribution in [0.4, 0.5) is 0 Å². The van der Waals surface area contributed by atoms with Gasteiger partial charge in [0, 0.05) is 10.6 Å². The molecule has 22 heavy (non-hydrogen) atoms. The zero-order valence-electron chi connectivity index (χ0n) is 11.3. The highest BCUT2D eigenvalue weighted by molar-refractivity contribution is 6.36. The number of ketones is 1. The molecule has 3 aromatic rings. The number of carbonyl (C=O) groups excluding carboxylic acids is 1. The van der Waals surface area contributed by atoms with Crippen LogP contribution in [0.15, 0.2) is 63.6 Å². The lowest BCUT2D eigenvalue weighted by atomic mass is 10.2. The molecule has 0 saturated carbocycles. The molecule has 1 aromatic carbocycles. The lowest BCUT2D eigenvalue weighted by Crippen LogP contribution is -1.89. The van der Waals surface area contributed by atoms with Gasteiger partial charge in [-0.1, -0.05) is 23.2 Å². The van der Waals surface area contributed by atoms with E-state index in [0.717, 1.165) is 5.56 Å². The second kappa shape index (κ2) is 6.26. The van der Waals surface area contributed by atoms with Crippen LogP contribution >= 0.6 is 23.2 Å². The van der Waals surface area contributed by atoms with E-state index < -0.39 is 0 Å². The van der Waals surface area contributed by atoms with Crippen LogP contribution in [-0.2, 0) is 0 Å². The average Bonchev–Trinajstić information content (AvgIpc) is 3.16. The summed E-state index contributed by atoms with van der Waals surface area (Å²) in [6.45, 7) is 0. The van der Waals surface area contributed by atoms with Gasteiger partial charge in [-0.05, 0) is 54.6 Å². The number of furan rings is 2.